The van der Waals surface area contributed by atoms with Gasteiger partial charge in [0.1, 0.15) is 4.90 Å². The first-order chi connectivity index (χ1) is 20.8. The zero-order valence-corrected chi connectivity index (χ0v) is 24.5. The molecule has 13 nitrogen and oxygen atoms in total. The van der Waals surface area contributed by atoms with Gasteiger partial charge in [-0.3, -0.25) is 4.55 Å². The third-order valence-electron chi connectivity index (χ3n) is 6.26. The van der Waals surface area contributed by atoms with E-state index in [1.54, 1.807) is 49.4 Å². The summed E-state index contributed by atoms with van der Waals surface area (Å²) in [5, 5.41) is 19.0. The van der Waals surface area contributed by atoms with Gasteiger partial charge in [-0.05, 0) is 53.9 Å². The number of para-hydroxylation sites is 1. The molecule has 15 heteroatoms. The van der Waals surface area contributed by atoms with Crippen LogP contribution in [0.2, 0.25) is 0 Å². The maximum Gasteiger partial charge on any atom is 0.295 e. The number of rotatable bonds is 11. The minimum Gasteiger partial charge on any atom is -0.378 e. The van der Waals surface area contributed by atoms with Crippen LogP contribution in [0.25, 0.3) is 12.2 Å². The van der Waals surface area contributed by atoms with E-state index < -0.39 is 10.1 Å². The van der Waals surface area contributed by atoms with Crippen molar-refractivity contribution in [3.63, 3.8) is 0 Å². The van der Waals surface area contributed by atoms with Gasteiger partial charge in [-0.2, -0.15) is 23.4 Å². The van der Waals surface area contributed by atoms with Crippen molar-refractivity contribution in [1.82, 2.24) is 15.0 Å². The van der Waals surface area contributed by atoms with Gasteiger partial charge in [-0.1, -0.05) is 53.6 Å². The molecule has 0 spiro atoms. The maximum atomic E-state index is 11.9. The summed E-state index contributed by atoms with van der Waals surface area (Å²) in [6, 6.07) is 19.5. The average Bonchev–Trinajstić information content (AvgIpc) is 3.00. The Balaban J connectivity index is 1.45. The Morgan fingerprint density at radius 3 is 2.28 bits per heavy atom. The Bertz CT molecular complexity index is 1700. The average molecular weight is 625 g/mol. The van der Waals surface area contributed by atoms with Crippen LogP contribution in [0.4, 0.5) is 29.2 Å². The lowest BCUT2D eigenvalue weighted by Gasteiger charge is -2.27. The van der Waals surface area contributed by atoms with Gasteiger partial charge in [-0.25, -0.2) is 5.26 Å². The molecule has 224 valence electrons. The highest BCUT2D eigenvalue weighted by atomic mass is 32.2. The SMILES string of the molecule is Cc1ccc(/C=C/c2ccc(Nc3nc(Nc4ccccc4)nc(N4CCOCC4)n3)cc2SOOO)c(S(=O)(=O)O)c1. The molecule has 0 saturated carbocycles. The molecule has 4 aromatic rings. The fraction of sp³-hybridized carbons (Fsp3) is 0.179. The van der Waals surface area contributed by atoms with Crippen LogP contribution in [0.5, 0.6) is 0 Å². The summed E-state index contributed by atoms with van der Waals surface area (Å²) >= 11 is 0.731. The van der Waals surface area contributed by atoms with E-state index in [1.165, 1.54) is 6.07 Å². The van der Waals surface area contributed by atoms with Crippen LogP contribution in [0.1, 0.15) is 16.7 Å². The summed E-state index contributed by atoms with van der Waals surface area (Å²) in [7, 11) is -4.44. The van der Waals surface area contributed by atoms with E-state index in [0.717, 1.165) is 17.7 Å². The predicted octanol–water partition coefficient (Wildman–Crippen LogP) is 5.35. The van der Waals surface area contributed by atoms with Crippen molar-refractivity contribution in [2.45, 2.75) is 16.7 Å². The van der Waals surface area contributed by atoms with Crippen LogP contribution in [0.3, 0.4) is 0 Å². The van der Waals surface area contributed by atoms with Crippen molar-refractivity contribution in [2.24, 2.45) is 0 Å². The molecule has 43 heavy (non-hydrogen) atoms. The summed E-state index contributed by atoms with van der Waals surface area (Å²) in [6.07, 6.45) is 3.20. The van der Waals surface area contributed by atoms with Crippen molar-refractivity contribution < 1.29 is 32.3 Å². The smallest absolute Gasteiger partial charge is 0.295 e. The van der Waals surface area contributed by atoms with Crippen molar-refractivity contribution in [2.75, 3.05) is 41.8 Å². The monoisotopic (exact) mass is 624 g/mol. The van der Waals surface area contributed by atoms with Crippen LogP contribution < -0.4 is 15.5 Å². The van der Waals surface area contributed by atoms with E-state index in [2.05, 4.69) is 30.6 Å². The highest BCUT2D eigenvalue weighted by Crippen LogP contribution is 2.31. The summed E-state index contributed by atoms with van der Waals surface area (Å²) in [4.78, 5) is 16.1. The number of aromatic nitrogens is 3. The highest BCUT2D eigenvalue weighted by molar-refractivity contribution is 7.94. The zero-order valence-electron chi connectivity index (χ0n) is 22.9. The first-order valence-electron chi connectivity index (χ1n) is 13.0. The van der Waals surface area contributed by atoms with Crippen LogP contribution in [-0.4, -0.2) is 59.5 Å². The molecule has 0 aliphatic carbocycles. The fourth-order valence-corrected chi connectivity index (χ4v) is 5.50. The number of hydrogen-bond donors (Lipinski definition) is 4. The predicted molar refractivity (Wildman–Crippen MR) is 163 cm³/mol. The standard InChI is InChI=1S/C28H28N6O7S2/c1-19-7-8-21(25(17-19)43(36,37)38)10-9-20-11-12-23(18-24(20)42-41-40-35)30-27-31-26(29-22-5-3-2-4-6-22)32-28(33-27)34-13-15-39-16-14-34/h2-12,17-18,35H,13-16H2,1H3,(H,36,37,38)(H2,29,30,31,32,33)/b10-9+. The van der Waals surface area contributed by atoms with Gasteiger partial charge in [0.15, 0.2) is 0 Å². The molecule has 1 fully saturated rings. The first-order valence-corrected chi connectivity index (χ1v) is 15.2. The molecular weight excluding hydrogens is 596 g/mol. The fourth-order valence-electron chi connectivity index (χ4n) is 4.22. The van der Waals surface area contributed by atoms with Gasteiger partial charge in [0.05, 0.1) is 25.3 Å². The van der Waals surface area contributed by atoms with Crippen molar-refractivity contribution >= 4 is 63.5 Å². The number of aryl methyl sites for hydroxylation is 1. The molecule has 0 radical (unpaired) electrons. The molecule has 1 saturated heterocycles. The molecule has 1 aliphatic heterocycles. The Kier molecular flexibility index (Phi) is 9.83. The second kappa shape index (κ2) is 13.9. The molecule has 4 N–H and O–H groups in total. The number of nitrogens with zero attached hydrogens (tertiary/aromatic N) is 4. The molecule has 1 aliphatic rings. The van der Waals surface area contributed by atoms with Crippen LogP contribution in [-0.2, 0) is 24.2 Å². The molecule has 2 heterocycles. The van der Waals surface area contributed by atoms with Gasteiger partial charge < -0.3 is 20.3 Å². The van der Waals surface area contributed by atoms with Gasteiger partial charge in [0.25, 0.3) is 10.1 Å². The molecule has 0 atom stereocenters. The number of benzene rings is 3. The summed E-state index contributed by atoms with van der Waals surface area (Å²) < 4.78 is 43.7. The maximum absolute atomic E-state index is 11.9. The topological polar surface area (TPSA) is 168 Å². The van der Waals surface area contributed by atoms with Crippen molar-refractivity contribution in [1.29, 1.82) is 0 Å². The van der Waals surface area contributed by atoms with E-state index in [-0.39, 0.29) is 10.8 Å². The Hall–Kier alpha value is -4.09. The van der Waals surface area contributed by atoms with Gasteiger partial charge >= 0.3 is 0 Å². The summed E-state index contributed by atoms with van der Waals surface area (Å²) in [5.74, 6) is 1.12. The van der Waals surface area contributed by atoms with E-state index in [9.17, 15) is 13.0 Å². The number of nitrogens with one attached hydrogen (secondary N) is 2. The quantitative estimate of drug-likeness (QED) is 0.0554. The minimum atomic E-state index is -4.44. The van der Waals surface area contributed by atoms with E-state index in [0.29, 0.717) is 65.5 Å². The third kappa shape index (κ3) is 8.26. The lowest BCUT2D eigenvalue weighted by molar-refractivity contribution is -0.432. The normalized spacial score (nSPS) is 13.8. The molecule has 0 amide bonds. The molecule has 3 aromatic carbocycles. The van der Waals surface area contributed by atoms with Gasteiger partial charge in [-0.15, -0.1) is 4.33 Å². The van der Waals surface area contributed by atoms with E-state index in [1.807, 2.05) is 35.2 Å². The number of morpholine rings is 1. The lowest BCUT2D eigenvalue weighted by Crippen LogP contribution is -2.37. The van der Waals surface area contributed by atoms with Crippen LogP contribution in [0.15, 0.2) is 76.5 Å². The second-order valence-electron chi connectivity index (χ2n) is 9.33. The Morgan fingerprint density at radius 1 is 0.907 bits per heavy atom. The largest absolute Gasteiger partial charge is 0.378 e. The number of hydrogen-bond acceptors (Lipinski definition) is 13. The molecule has 0 unspecified atom stereocenters. The second-order valence-corrected chi connectivity index (χ2v) is 11.5. The minimum absolute atomic E-state index is 0.211. The number of anilines is 5. The number of ether oxygens (including phenoxy) is 1. The molecule has 0 bridgehead atoms. The molecule has 1 aromatic heterocycles. The highest BCUT2D eigenvalue weighted by Gasteiger charge is 2.18. The third-order valence-corrected chi connectivity index (χ3v) is 7.83. The molecular formula is C28H28N6O7S2. The summed E-state index contributed by atoms with van der Waals surface area (Å²) in [5.41, 5.74) is 2.98. The zero-order chi connectivity index (χ0) is 30.2. The van der Waals surface area contributed by atoms with Crippen molar-refractivity contribution in [3.8, 4) is 0 Å². The molecule has 5 rings (SSSR count). The first kappa shape index (κ1) is 30.4. The van der Waals surface area contributed by atoms with Gasteiger partial charge in [0.2, 0.25) is 17.8 Å². The van der Waals surface area contributed by atoms with E-state index in [4.69, 9.17) is 14.3 Å². The van der Waals surface area contributed by atoms with E-state index >= 15 is 0 Å². The summed E-state index contributed by atoms with van der Waals surface area (Å²) in [6.45, 7) is 4.12. The lowest BCUT2D eigenvalue weighted by atomic mass is 10.1. The Morgan fingerprint density at radius 2 is 1.58 bits per heavy atom. The Labute approximate surface area is 252 Å². The van der Waals surface area contributed by atoms with Crippen LogP contribution in [0, 0.1) is 6.92 Å². The van der Waals surface area contributed by atoms with Crippen LogP contribution >= 0.6 is 12.0 Å². The van der Waals surface area contributed by atoms with Crippen molar-refractivity contribution in [3.05, 3.63) is 83.4 Å². The van der Waals surface area contributed by atoms with Gasteiger partial charge in [0, 0.05) is 29.4 Å².